The van der Waals surface area contributed by atoms with Crippen LogP contribution in [0.4, 0.5) is 0 Å². The molecule has 98 valence electrons. The maximum atomic E-state index is 11.5. The zero-order valence-electron chi connectivity index (χ0n) is 11.1. The number of carbonyl (C=O) groups excluding carboxylic acids is 1. The molecule has 0 heterocycles. The molecule has 4 heteroatoms. The van der Waals surface area contributed by atoms with E-state index in [1.165, 1.54) is 11.1 Å². The minimum absolute atomic E-state index is 0.0784. The van der Waals surface area contributed by atoms with Crippen LogP contribution in [0.5, 0.6) is 11.5 Å². The summed E-state index contributed by atoms with van der Waals surface area (Å²) >= 11 is 0. The molecule has 0 bridgehead atoms. The fourth-order valence-corrected chi connectivity index (χ4v) is 2.58. The second-order valence-electron chi connectivity index (χ2n) is 4.51. The Hall–Kier alpha value is -1.71. The molecule has 0 aromatic heterocycles. The Balaban J connectivity index is 2.33. The zero-order chi connectivity index (χ0) is 13.1. The number of rotatable bonds is 4. The summed E-state index contributed by atoms with van der Waals surface area (Å²) in [6.07, 6.45) is 2.48. The Bertz CT molecular complexity index is 457. The van der Waals surface area contributed by atoms with E-state index < -0.39 is 0 Å². The fourth-order valence-electron chi connectivity index (χ4n) is 2.58. The van der Waals surface area contributed by atoms with Crippen LogP contribution < -0.4 is 14.8 Å². The van der Waals surface area contributed by atoms with E-state index in [0.717, 1.165) is 24.3 Å². The molecule has 1 amide bonds. The summed E-state index contributed by atoms with van der Waals surface area (Å²) in [5.74, 6) is 2.00. The van der Waals surface area contributed by atoms with E-state index >= 15 is 0 Å². The molecule has 1 unspecified atom stereocenters. The van der Waals surface area contributed by atoms with Gasteiger partial charge in [0, 0.05) is 19.5 Å². The lowest BCUT2D eigenvalue weighted by Crippen LogP contribution is -2.19. The van der Waals surface area contributed by atoms with Gasteiger partial charge in [0.25, 0.3) is 0 Å². The summed E-state index contributed by atoms with van der Waals surface area (Å²) in [5, 5.41) is 2.68. The third-order valence-electron chi connectivity index (χ3n) is 3.57. The molecule has 0 radical (unpaired) electrons. The highest BCUT2D eigenvalue weighted by Gasteiger charge is 2.27. The molecule has 0 spiro atoms. The van der Waals surface area contributed by atoms with Gasteiger partial charge in [-0.2, -0.15) is 0 Å². The van der Waals surface area contributed by atoms with E-state index in [1.54, 1.807) is 21.3 Å². The second kappa shape index (κ2) is 5.29. The van der Waals surface area contributed by atoms with Crippen LogP contribution in [0.1, 0.15) is 29.9 Å². The lowest BCUT2D eigenvalue weighted by atomic mass is 9.97. The van der Waals surface area contributed by atoms with Crippen LogP contribution in [0, 0.1) is 0 Å². The van der Waals surface area contributed by atoms with E-state index in [4.69, 9.17) is 9.47 Å². The Kier molecular flexibility index (Phi) is 3.75. The predicted octanol–water partition coefficient (Wildman–Crippen LogP) is 1.87. The Morgan fingerprint density at radius 2 is 2.17 bits per heavy atom. The van der Waals surface area contributed by atoms with E-state index in [9.17, 15) is 4.79 Å². The highest BCUT2D eigenvalue weighted by Crippen LogP contribution is 2.42. The minimum atomic E-state index is 0.0784. The van der Waals surface area contributed by atoms with Gasteiger partial charge in [0.2, 0.25) is 5.91 Å². The van der Waals surface area contributed by atoms with Gasteiger partial charge >= 0.3 is 0 Å². The second-order valence-corrected chi connectivity index (χ2v) is 4.51. The first-order valence-electron chi connectivity index (χ1n) is 6.15. The van der Waals surface area contributed by atoms with Crippen LogP contribution in [-0.2, 0) is 11.2 Å². The lowest BCUT2D eigenvalue weighted by Gasteiger charge is -2.14. The van der Waals surface area contributed by atoms with Crippen LogP contribution >= 0.6 is 0 Å². The number of benzene rings is 1. The van der Waals surface area contributed by atoms with E-state index in [0.29, 0.717) is 6.42 Å². The standard InChI is InChI=1S/C14H19NO3/c1-15-14(16)6-9-4-5-11-12(9)7-10(17-2)8-13(11)18-3/h7-9H,4-6H2,1-3H3,(H,15,16). The molecule has 0 saturated carbocycles. The van der Waals surface area contributed by atoms with Crippen molar-refractivity contribution in [1.82, 2.24) is 5.32 Å². The van der Waals surface area contributed by atoms with E-state index in [2.05, 4.69) is 5.32 Å². The van der Waals surface area contributed by atoms with Gasteiger partial charge in [-0.15, -0.1) is 0 Å². The first kappa shape index (κ1) is 12.7. The summed E-state index contributed by atoms with van der Waals surface area (Å²) < 4.78 is 10.7. The zero-order valence-corrected chi connectivity index (χ0v) is 11.1. The molecule has 2 rings (SSSR count). The summed E-state index contributed by atoms with van der Waals surface area (Å²) in [6, 6.07) is 3.93. The van der Waals surface area contributed by atoms with Crippen molar-refractivity contribution in [2.24, 2.45) is 0 Å². The van der Waals surface area contributed by atoms with Gasteiger partial charge in [0.05, 0.1) is 14.2 Å². The van der Waals surface area contributed by atoms with Crippen LogP contribution in [0.15, 0.2) is 12.1 Å². The average molecular weight is 249 g/mol. The number of hydrogen-bond acceptors (Lipinski definition) is 3. The molecule has 4 nitrogen and oxygen atoms in total. The molecular formula is C14H19NO3. The molecule has 1 atom stereocenters. The van der Waals surface area contributed by atoms with E-state index in [-0.39, 0.29) is 11.8 Å². The molecular weight excluding hydrogens is 230 g/mol. The molecule has 1 aromatic carbocycles. The number of hydrogen-bond donors (Lipinski definition) is 1. The topological polar surface area (TPSA) is 47.6 Å². The summed E-state index contributed by atoms with van der Waals surface area (Å²) in [5.41, 5.74) is 2.40. The number of nitrogens with one attached hydrogen (secondary N) is 1. The number of fused-ring (bicyclic) bond motifs is 1. The van der Waals surface area contributed by atoms with Crippen molar-refractivity contribution in [3.8, 4) is 11.5 Å². The fraction of sp³-hybridized carbons (Fsp3) is 0.500. The van der Waals surface area contributed by atoms with Gasteiger partial charge in [-0.3, -0.25) is 4.79 Å². The molecule has 0 aliphatic heterocycles. The van der Waals surface area contributed by atoms with Crippen LogP contribution in [-0.4, -0.2) is 27.2 Å². The van der Waals surface area contributed by atoms with Crippen LogP contribution in [0.2, 0.25) is 0 Å². The van der Waals surface area contributed by atoms with Crippen molar-refractivity contribution in [2.75, 3.05) is 21.3 Å². The quantitative estimate of drug-likeness (QED) is 0.886. The highest BCUT2D eigenvalue weighted by atomic mass is 16.5. The van der Waals surface area contributed by atoms with Crippen molar-refractivity contribution >= 4 is 5.91 Å². The molecule has 18 heavy (non-hydrogen) atoms. The van der Waals surface area contributed by atoms with Gasteiger partial charge in [-0.05, 0) is 36.0 Å². The number of methoxy groups -OCH3 is 2. The molecule has 0 saturated heterocycles. The van der Waals surface area contributed by atoms with Gasteiger partial charge in [-0.25, -0.2) is 0 Å². The normalized spacial score (nSPS) is 17.2. The maximum Gasteiger partial charge on any atom is 0.220 e. The van der Waals surface area contributed by atoms with Crippen LogP contribution in [0.3, 0.4) is 0 Å². The number of ether oxygens (including phenoxy) is 2. The summed E-state index contributed by atoms with van der Waals surface area (Å²) in [6.45, 7) is 0. The largest absolute Gasteiger partial charge is 0.497 e. The summed E-state index contributed by atoms with van der Waals surface area (Å²) in [4.78, 5) is 11.5. The SMILES string of the molecule is CNC(=O)CC1CCc2c(OC)cc(OC)cc21. The number of amides is 1. The Morgan fingerprint density at radius 3 is 2.78 bits per heavy atom. The monoisotopic (exact) mass is 249 g/mol. The van der Waals surface area contributed by atoms with E-state index in [1.807, 2.05) is 12.1 Å². The first-order chi connectivity index (χ1) is 8.69. The molecule has 1 N–H and O–H groups in total. The molecule has 1 aromatic rings. The lowest BCUT2D eigenvalue weighted by molar-refractivity contribution is -0.121. The third kappa shape index (κ3) is 2.28. The smallest absolute Gasteiger partial charge is 0.220 e. The van der Waals surface area contributed by atoms with Crippen LogP contribution in [0.25, 0.3) is 0 Å². The molecule has 1 aliphatic carbocycles. The molecule has 0 fully saturated rings. The predicted molar refractivity (Wildman–Crippen MR) is 69.3 cm³/mol. The van der Waals surface area contributed by atoms with Crippen molar-refractivity contribution in [1.29, 1.82) is 0 Å². The van der Waals surface area contributed by atoms with Gasteiger partial charge < -0.3 is 14.8 Å². The van der Waals surface area contributed by atoms with Crippen molar-refractivity contribution in [2.45, 2.75) is 25.2 Å². The van der Waals surface area contributed by atoms with Crippen molar-refractivity contribution in [3.63, 3.8) is 0 Å². The van der Waals surface area contributed by atoms with Gasteiger partial charge in [-0.1, -0.05) is 0 Å². The first-order valence-corrected chi connectivity index (χ1v) is 6.15. The minimum Gasteiger partial charge on any atom is -0.497 e. The van der Waals surface area contributed by atoms with Crippen molar-refractivity contribution in [3.05, 3.63) is 23.3 Å². The Labute approximate surface area is 107 Å². The molecule has 1 aliphatic rings. The third-order valence-corrected chi connectivity index (χ3v) is 3.57. The summed E-state index contributed by atoms with van der Waals surface area (Å²) in [7, 11) is 4.98. The average Bonchev–Trinajstić information content (AvgIpc) is 2.80. The van der Waals surface area contributed by atoms with Gasteiger partial charge in [0.1, 0.15) is 11.5 Å². The highest BCUT2D eigenvalue weighted by molar-refractivity contribution is 5.77. The maximum absolute atomic E-state index is 11.5. The van der Waals surface area contributed by atoms with Crippen molar-refractivity contribution < 1.29 is 14.3 Å². The Morgan fingerprint density at radius 1 is 1.39 bits per heavy atom. The number of carbonyl (C=O) groups is 1. The van der Waals surface area contributed by atoms with Gasteiger partial charge in [0.15, 0.2) is 0 Å².